The van der Waals surface area contributed by atoms with Gasteiger partial charge in [0.2, 0.25) is 0 Å². The second-order valence-electron chi connectivity index (χ2n) is 30.1. The number of rotatable bonds is 0. The Morgan fingerprint density at radius 2 is 0.822 bits per heavy atom. The Bertz CT molecular complexity index is 4470. The molecule has 0 N–H and O–H groups in total. The van der Waals surface area contributed by atoms with E-state index >= 15 is 0 Å². The van der Waals surface area contributed by atoms with Crippen LogP contribution in [0.25, 0.3) is 76.2 Å². The number of aromatic nitrogens is 2. The van der Waals surface area contributed by atoms with Gasteiger partial charge in [0.1, 0.15) is 0 Å². The summed E-state index contributed by atoms with van der Waals surface area (Å²) in [6.07, 6.45) is 24.7. The average molecular weight is 943 g/mol. The summed E-state index contributed by atoms with van der Waals surface area (Å²) < 4.78 is 5.74. The van der Waals surface area contributed by atoms with Crippen molar-refractivity contribution in [2.45, 2.75) is 163 Å². The van der Waals surface area contributed by atoms with E-state index in [4.69, 9.17) is 0 Å². The van der Waals surface area contributed by atoms with Gasteiger partial charge in [0.15, 0.2) is 0 Å². The Hall–Kier alpha value is -5.32. The zero-order valence-corrected chi connectivity index (χ0v) is 41.7. The molecule has 9 aromatic rings. The molecule has 5 aromatic carbocycles. The van der Waals surface area contributed by atoms with Crippen molar-refractivity contribution in [2.75, 3.05) is 0 Å². The minimum atomic E-state index is 0.450. The van der Waals surface area contributed by atoms with Crippen LogP contribution in [0.3, 0.4) is 0 Å². The molecule has 11 saturated carbocycles. The van der Waals surface area contributed by atoms with Crippen LogP contribution in [0.2, 0.25) is 0 Å². The van der Waals surface area contributed by atoms with Crippen molar-refractivity contribution in [1.82, 2.24) is 8.80 Å². The Morgan fingerprint density at radius 3 is 1.48 bits per heavy atom. The van der Waals surface area contributed by atoms with Gasteiger partial charge in [-0.05, 0) is 295 Å². The number of fused-ring (bicyclic) bond motifs is 30. The average Bonchev–Trinajstić information content (AvgIpc) is 4.44. The highest BCUT2D eigenvalue weighted by atomic mass is 15.0. The molecular formula is C69H58N4. The van der Waals surface area contributed by atoms with Crippen LogP contribution < -0.4 is 0 Å². The molecule has 4 nitrogen and oxygen atoms in total. The first-order valence-electron chi connectivity index (χ1n) is 30.4. The first-order valence-corrected chi connectivity index (χ1v) is 30.4. The van der Waals surface area contributed by atoms with Crippen LogP contribution in [0.1, 0.15) is 219 Å². The largest absolute Gasteiger partial charge is 0.308 e. The summed E-state index contributed by atoms with van der Waals surface area (Å²) in [7, 11) is 0. The van der Waals surface area contributed by atoms with Crippen molar-refractivity contribution in [3.8, 4) is 12.1 Å². The van der Waals surface area contributed by atoms with Crippen molar-refractivity contribution in [1.29, 1.82) is 10.5 Å². The lowest BCUT2D eigenvalue weighted by atomic mass is 9.36. The van der Waals surface area contributed by atoms with Gasteiger partial charge < -0.3 is 8.80 Å². The number of hydrogen-bond donors (Lipinski definition) is 0. The molecule has 11 fully saturated rings. The third-order valence-corrected chi connectivity index (χ3v) is 29.2. The first kappa shape index (κ1) is 36.6. The van der Waals surface area contributed by atoms with E-state index < -0.39 is 0 Å². The highest BCUT2D eigenvalue weighted by Crippen LogP contribution is 2.85. The van der Waals surface area contributed by atoms with Crippen LogP contribution >= 0.6 is 0 Å². The Morgan fingerprint density at radius 1 is 0.370 bits per heavy atom. The van der Waals surface area contributed by atoms with E-state index in [1.54, 1.807) is 76.6 Å². The minimum Gasteiger partial charge on any atom is -0.308 e. The van der Waals surface area contributed by atoms with Crippen molar-refractivity contribution >= 4 is 76.2 Å². The Balaban J connectivity index is 0.988. The molecule has 0 radical (unpaired) electrons. The van der Waals surface area contributed by atoms with E-state index in [-0.39, 0.29) is 0 Å². The van der Waals surface area contributed by atoms with Gasteiger partial charge >= 0.3 is 0 Å². The third kappa shape index (κ3) is 3.26. The van der Waals surface area contributed by atoms with Crippen LogP contribution in [0.4, 0.5) is 0 Å². The molecule has 3 spiro atoms. The molecule has 16 aliphatic rings. The summed E-state index contributed by atoms with van der Waals surface area (Å²) in [5.74, 6) is 11.7. The van der Waals surface area contributed by atoms with Gasteiger partial charge in [0, 0.05) is 43.1 Å². The molecule has 0 aliphatic heterocycles. The van der Waals surface area contributed by atoms with Crippen LogP contribution in [0, 0.1) is 86.3 Å². The molecule has 4 heterocycles. The monoisotopic (exact) mass is 942 g/mol. The van der Waals surface area contributed by atoms with Gasteiger partial charge in [0.05, 0.1) is 56.4 Å². The van der Waals surface area contributed by atoms with E-state index in [0.717, 1.165) is 58.5 Å². The summed E-state index contributed by atoms with van der Waals surface area (Å²) in [5.41, 5.74) is 25.4. The van der Waals surface area contributed by atoms with E-state index in [1.165, 1.54) is 160 Å². The second-order valence-corrected chi connectivity index (χ2v) is 30.1. The summed E-state index contributed by atoms with van der Waals surface area (Å²) in [6.45, 7) is 0. The van der Waals surface area contributed by atoms with Gasteiger partial charge in [-0.15, -0.1) is 0 Å². The molecule has 0 saturated heterocycles. The fourth-order valence-electron chi connectivity index (χ4n) is 27.5. The predicted molar refractivity (Wildman–Crippen MR) is 285 cm³/mol. The molecular weight excluding hydrogens is 885 g/mol. The van der Waals surface area contributed by atoms with Crippen LogP contribution in [0.15, 0.2) is 36.4 Å². The van der Waals surface area contributed by atoms with E-state index in [2.05, 4.69) is 57.3 Å². The van der Waals surface area contributed by atoms with Crippen LogP contribution in [-0.2, 0) is 0 Å². The van der Waals surface area contributed by atoms with Gasteiger partial charge in [-0.2, -0.15) is 10.5 Å². The van der Waals surface area contributed by atoms with Crippen LogP contribution in [-0.4, -0.2) is 8.80 Å². The molecule has 25 rings (SSSR count). The summed E-state index contributed by atoms with van der Waals surface area (Å²) in [4.78, 5) is 0. The fraction of sp³-hybridized carbons (Fsp3) is 0.536. The van der Waals surface area contributed by atoms with Gasteiger partial charge in [0.25, 0.3) is 0 Å². The van der Waals surface area contributed by atoms with Gasteiger partial charge in [-0.1, -0.05) is 12.1 Å². The Kier molecular flexibility index (Phi) is 5.32. The number of hydrogen-bond acceptors (Lipinski definition) is 2. The summed E-state index contributed by atoms with van der Waals surface area (Å²) in [5, 5.41) is 35.9. The molecule has 0 amide bonds. The lowest BCUT2D eigenvalue weighted by Crippen LogP contribution is -2.59. The Labute approximate surface area is 424 Å². The predicted octanol–water partition coefficient (Wildman–Crippen LogP) is 16.5. The third-order valence-electron chi connectivity index (χ3n) is 29.2. The molecule has 4 heteroatoms. The summed E-state index contributed by atoms with van der Waals surface area (Å²) >= 11 is 0. The van der Waals surface area contributed by atoms with Crippen molar-refractivity contribution in [3.63, 3.8) is 0 Å². The smallest absolute Gasteiger partial charge is 0.0995 e. The molecule has 16 aliphatic carbocycles. The highest BCUT2D eigenvalue weighted by Gasteiger charge is 2.74. The fourth-order valence-corrected chi connectivity index (χ4v) is 27.5. The molecule has 11 bridgehead atoms. The van der Waals surface area contributed by atoms with Crippen molar-refractivity contribution < 1.29 is 0 Å². The van der Waals surface area contributed by atoms with Crippen molar-refractivity contribution in [3.05, 3.63) is 92.0 Å². The maximum absolute atomic E-state index is 11.6. The van der Waals surface area contributed by atoms with E-state index in [0.29, 0.717) is 63.6 Å². The van der Waals surface area contributed by atoms with Crippen molar-refractivity contribution in [2.24, 2.45) is 63.6 Å². The van der Waals surface area contributed by atoms with Gasteiger partial charge in [-0.3, -0.25) is 0 Å². The zero-order chi connectivity index (χ0) is 46.1. The maximum atomic E-state index is 11.6. The van der Waals surface area contributed by atoms with Crippen LogP contribution in [0.5, 0.6) is 0 Å². The van der Waals surface area contributed by atoms with Gasteiger partial charge in [-0.25, -0.2) is 0 Å². The topological polar surface area (TPSA) is 56.4 Å². The molecule has 17 atom stereocenters. The SMILES string of the molecule is N#Cc1cc2c(c3c1C1CC4CC(C1)CC3C4)c1c3c4c5c(ccc4n4c6ccc7c(c6c(c6c8c9c(c(C#N)cc8n2c16)C1CC2CC6CC9C26C1)c34)C1CC2CC3CC7CC32C1)C1CC2CC3CC5C23C1. The molecule has 17 unspecified atom stereocenters. The second kappa shape index (κ2) is 10.6. The lowest BCUT2D eigenvalue weighted by molar-refractivity contribution is -0.146. The van der Waals surface area contributed by atoms with E-state index in [9.17, 15) is 10.5 Å². The zero-order valence-electron chi connectivity index (χ0n) is 41.7. The highest BCUT2D eigenvalue weighted by molar-refractivity contribution is 6.46. The lowest BCUT2D eigenvalue weighted by Gasteiger charge is -2.68. The number of nitriles is 2. The molecule has 4 aromatic heterocycles. The number of nitrogens with zero attached hydrogens (tertiary/aromatic N) is 4. The molecule has 73 heavy (non-hydrogen) atoms. The number of benzene rings is 5. The standard InChI is InChI=1S/C69H58N4/c70-25-35-14-49-59(54-30-8-27-5-28(9-30)7-29(6-27)51(35)54)63-62-58-48(4-2-44-32-11-39-17-41-19-45(55(44)58)68(39,41)23-32)72-47-3-1-43-31-10-37-16-38-12-33(22-67(37,38)21-31)53(43)57(47)61(65(62)72)64-60-50(73(49)66(63)64)15-36(26-71)52-34-13-40-18-42-20-46(56(52)60)69(40,42)24-34/h1-4,14-15,27-34,37-42,45-46H,5-13,16-24H2. The normalized spacial score (nSPS) is 44.7. The maximum Gasteiger partial charge on any atom is 0.0995 e. The quantitative estimate of drug-likeness (QED) is 0.152. The van der Waals surface area contributed by atoms with E-state index in [1.807, 2.05) is 0 Å². The first-order chi connectivity index (χ1) is 36.0. The molecule has 354 valence electrons. The summed E-state index contributed by atoms with van der Waals surface area (Å²) in [6, 6.07) is 21.6. The minimum absolute atomic E-state index is 0.450.